The highest BCUT2D eigenvalue weighted by Gasteiger charge is 2.30. The first-order chi connectivity index (χ1) is 24.8. The van der Waals surface area contributed by atoms with Crippen molar-refractivity contribution < 1.29 is 28.7 Å². The Kier molecular flexibility index (Phi) is 12.0. The third-order valence-electron chi connectivity index (χ3n) is 7.80. The number of thioether (sulfide) groups is 1. The SMILES string of the molecule is COc1ccccc1/C=C(/NC(=O)c1ccccc1)C(=O)Nc1cccc(SC(C)C(=O)Nc2sc3c(c2C#N)CCN(C(=O)OC(C)(C)C)C3)c1. The summed E-state index contributed by atoms with van der Waals surface area (Å²) >= 11 is 2.57. The predicted molar refractivity (Wildman–Crippen MR) is 203 cm³/mol. The van der Waals surface area contributed by atoms with E-state index in [1.165, 1.54) is 30.2 Å². The molecule has 0 saturated carbocycles. The zero-order chi connectivity index (χ0) is 37.4. The average molecular weight is 738 g/mol. The maximum atomic E-state index is 13.6. The topological polar surface area (TPSA) is 150 Å². The zero-order valence-corrected chi connectivity index (χ0v) is 31.1. The molecule has 11 nitrogen and oxygen atoms in total. The van der Waals surface area contributed by atoms with E-state index in [0.717, 1.165) is 10.4 Å². The zero-order valence-electron chi connectivity index (χ0n) is 29.4. The van der Waals surface area contributed by atoms with E-state index in [1.807, 2.05) is 26.8 Å². The number of methoxy groups -OCH3 is 1. The van der Waals surface area contributed by atoms with Crippen molar-refractivity contribution in [3.05, 3.63) is 112 Å². The Labute approximate surface area is 311 Å². The van der Waals surface area contributed by atoms with Crippen LogP contribution in [-0.2, 0) is 27.3 Å². The minimum Gasteiger partial charge on any atom is -0.496 e. The second kappa shape index (κ2) is 16.6. The standard InChI is InChI=1S/C39H39N5O6S2/c1-24(34(45)43-37-30(22-40)29-18-19-44(23-33(29)52-37)38(48)50-39(2,3)4)51-28-16-11-15-27(21-28)41-36(47)31(20-26-14-9-10-17-32(26)49-5)42-35(46)25-12-7-6-8-13-25/h6-17,20-21,24H,18-19,23H2,1-5H3,(H,41,47)(H,42,46)(H,43,45)/b31-20+. The number of hydrogen-bond donors (Lipinski definition) is 3. The lowest BCUT2D eigenvalue weighted by Crippen LogP contribution is -2.39. The number of nitriles is 1. The molecule has 4 aromatic rings. The number of anilines is 2. The highest BCUT2D eigenvalue weighted by Crippen LogP contribution is 2.38. The van der Waals surface area contributed by atoms with Crippen LogP contribution < -0.4 is 20.7 Å². The third kappa shape index (κ3) is 9.60. The van der Waals surface area contributed by atoms with Crippen LogP contribution in [0.25, 0.3) is 6.08 Å². The molecule has 1 aliphatic rings. The number of nitrogens with zero attached hydrogens (tertiary/aromatic N) is 2. The van der Waals surface area contributed by atoms with Gasteiger partial charge in [0.15, 0.2) is 0 Å². The minimum absolute atomic E-state index is 0.00492. The van der Waals surface area contributed by atoms with Crippen molar-refractivity contribution in [1.82, 2.24) is 10.2 Å². The van der Waals surface area contributed by atoms with Gasteiger partial charge in [0.05, 0.1) is 24.5 Å². The normalized spacial score (nSPS) is 13.2. The van der Waals surface area contributed by atoms with Gasteiger partial charge >= 0.3 is 6.09 Å². The van der Waals surface area contributed by atoms with Crippen molar-refractivity contribution >= 4 is 63.7 Å². The molecule has 3 aromatic carbocycles. The van der Waals surface area contributed by atoms with Crippen LogP contribution in [0.1, 0.15) is 59.6 Å². The van der Waals surface area contributed by atoms with Crippen molar-refractivity contribution in [3.8, 4) is 11.8 Å². The molecular formula is C39H39N5O6S2. The lowest BCUT2D eigenvalue weighted by molar-refractivity contribution is -0.115. The van der Waals surface area contributed by atoms with Crippen LogP contribution in [0.2, 0.25) is 0 Å². The first kappa shape index (κ1) is 37.7. The van der Waals surface area contributed by atoms with Crippen LogP contribution >= 0.6 is 23.1 Å². The van der Waals surface area contributed by atoms with E-state index in [4.69, 9.17) is 9.47 Å². The number of carbonyl (C=O) groups is 4. The summed E-state index contributed by atoms with van der Waals surface area (Å²) < 4.78 is 11.0. The van der Waals surface area contributed by atoms with Crippen molar-refractivity contribution in [1.29, 1.82) is 5.26 Å². The highest BCUT2D eigenvalue weighted by atomic mass is 32.2. The summed E-state index contributed by atoms with van der Waals surface area (Å²) in [4.78, 5) is 55.9. The number of benzene rings is 3. The third-order valence-corrected chi connectivity index (χ3v) is 10.0. The van der Waals surface area contributed by atoms with Crippen LogP contribution in [0.5, 0.6) is 5.75 Å². The van der Waals surface area contributed by atoms with E-state index in [1.54, 1.807) is 90.7 Å². The van der Waals surface area contributed by atoms with Crippen molar-refractivity contribution in [3.63, 3.8) is 0 Å². The molecule has 0 saturated heterocycles. The van der Waals surface area contributed by atoms with Crippen molar-refractivity contribution in [2.75, 3.05) is 24.3 Å². The second-order valence-corrected chi connectivity index (χ2v) is 15.3. The van der Waals surface area contributed by atoms with Gasteiger partial charge in [0.1, 0.15) is 28.1 Å². The maximum Gasteiger partial charge on any atom is 0.410 e. The Balaban J connectivity index is 1.27. The molecule has 0 spiro atoms. The summed E-state index contributed by atoms with van der Waals surface area (Å²) in [7, 11) is 1.52. The number of nitrogens with one attached hydrogen (secondary N) is 3. The van der Waals surface area contributed by atoms with Gasteiger partial charge in [-0.3, -0.25) is 14.4 Å². The van der Waals surface area contributed by atoms with Crippen LogP contribution in [0, 0.1) is 11.3 Å². The quantitative estimate of drug-likeness (QED) is 0.112. The smallest absolute Gasteiger partial charge is 0.410 e. The Morgan fingerprint density at radius 2 is 1.73 bits per heavy atom. The van der Waals surface area contributed by atoms with Gasteiger partial charge in [0.2, 0.25) is 5.91 Å². The number of hydrogen-bond acceptors (Lipinski definition) is 9. The van der Waals surface area contributed by atoms with E-state index < -0.39 is 28.8 Å². The van der Waals surface area contributed by atoms with E-state index in [-0.39, 0.29) is 11.6 Å². The summed E-state index contributed by atoms with van der Waals surface area (Å²) in [5.74, 6) is -0.782. The number of amides is 4. The first-order valence-corrected chi connectivity index (χ1v) is 18.2. The molecule has 52 heavy (non-hydrogen) atoms. The monoisotopic (exact) mass is 737 g/mol. The van der Waals surface area contributed by atoms with Crippen LogP contribution in [-0.4, -0.2) is 53.2 Å². The summed E-state index contributed by atoms with van der Waals surface area (Å²) in [6, 6.07) is 25.0. The molecule has 3 N–H and O–H groups in total. The Bertz CT molecular complexity index is 2050. The van der Waals surface area contributed by atoms with Gasteiger partial charge in [-0.2, -0.15) is 5.26 Å². The summed E-state index contributed by atoms with van der Waals surface area (Å²) in [5, 5.41) is 18.4. The number of rotatable bonds is 10. The van der Waals surface area contributed by atoms with Gasteiger partial charge in [0, 0.05) is 33.1 Å². The number of carbonyl (C=O) groups excluding carboxylic acids is 4. The fourth-order valence-electron chi connectivity index (χ4n) is 5.29. The van der Waals surface area contributed by atoms with Gasteiger partial charge in [0.25, 0.3) is 11.8 Å². The van der Waals surface area contributed by atoms with E-state index >= 15 is 0 Å². The van der Waals surface area contributed by atoms with E-state index in [0.29, 0.717) is 57.5 Å². The van der Waals surface area contributed by atoms with Gasteiger partial charge in [-0.1, -0.05) is 42.5 Å². The molecule has 13 heteroatoms. The molecule has 1 aliphatic heterocycles. The van der Waals surface area contributed by atoms with Crippen molar-refractivity contribution in [2.45, 2.75) is 56.4 Å². The molecule has 268 valence electrons. The second-order valence-electron chi connectivity index (χ2n) is 12.8. The molecule has 1 atom stereocenters. The predicted octanol–water partition coefficient (Wildman–Crippen LogP) is 7.45. The Morgan fingerprint density at radius 1 is 1.00 bits per heavy atom. The molecule has 0 fully saturated rings. The number of para-hydroxylation sites is 1. The summed E-state index contributed by atoms with van der Waals surface area (Å²) in [5.41, 5.74) is 2.07. The molecular weight excluding hydrogens is 699 g/mol. The summed E-state index contributed by atoms with van der Waals surface area (Å²) in [6.45, 7) is 7.90. The number of thiophene rings is 1. The fourth-order valence-corrected chi connectivity index (χ4v) is 7.44. The highest BCUT2D eigenvalue weighted by molar-refractivity contribution is 8.00. The molecule has 0 radical (unpaired) electrons. The molecule has 2 heterocycles. The van der Waals surface area contributed by atoms with Crippen LogP contribution in [0.15, 0.2) is 89.5 Å². The van der Waals surface area contributed by atoms with Gasteiger partial charge < -0.3 is 30.3 Å². The van der Waals surface area contributed by atoms with Gasteiger partial charge in [-0.25, -0.2) is 4.79 Å². The molecule has 4 amide bonds. The summed E-state index contributed by atoms with van der Waals surface area (Å²) in [6.07, 6.45) is 1.62. The number of fused-ring (bicyclic) bond motifs is 1. The molecule has 0 bridgehead atoms. The minimum atomic E-state index is -0.625. The molecule has 1 aromatic heterocycles. The molecule has 5 rings (SSSR count). The molecule has 1 unspecified atom stereocenters. The average Bonchev–Trinajstić information content (AvgIpc) is 3.47. The first-order valence-electron chi connectivity index (χ1n) is 16.5. The van der Waals surface area contributed by atoms with Gasteiger partial charge in [-0.15, -0.1) is 23.1 Å². The lowest BCUT2D eigenvalue weighted by atomic mass is 10.0. The maximum absolute atomic E-state index is 13.6. The van der Waals surface area contributed by atoms with Crippen LogP contribution in [0.4, 0.5) is 15.5 Å². The largest absolute Gasteiger partial charge is 0.496 e. The van der Waals surface area contributed by atoms with Gasteiger partial charge in [-0.05, 0) is 82.2 Å². The Hall–Kier alpha value is -5.58. The Morgan fingerprint density at radius 3 is 2.44 bits per heavy atom. The van der Waals surface area contributed by atoms with E-state index in [2.05, 4.69) is 22.0 Å². The fraction of sp³-hybridized carbons (Fsp3) is 0.256. The lowest BCUT2D eigenvalue weighted by Gasteiger charge is -2.29. The van der Waals surface area contributed by atoms with Crippen molar-refractivity contribution in [2.24, 2.45) is 0 Å². The van der Waals surface area contributed by atoms with E-state index in [9.17, 15) is 24.4 Å². The number of ether oxygens (including phenoxy) is 2. The molecule has 0 aliphatic carbocycles. The van der Waals surface area contributed by atoms with Crippen LogP contribution in [0.3, 0.4) is 0 Å².